The minimum Gasteiger partial charge on any atom is -0.315 e. The Bertz CT molecular complexity index is 907. The van der Waals surface area contributed by atoms with Crippen molar-refractivity contribution in [2.45, 2.75) is 44.2 Å². The highest BCUT2D eigenvalue weighted by molar-refractivity contribution is 8.16. The predicted molar refractivity (Wildman–Crippen MR) is 103 cm³/mol. The van der Waals surface area contributed by atoms with Gasteiger partial charge in [0.25, 0.3) is 0 Å². The summed E-state index contributed by atoms with van der Waals surface area (Å²) in [6.07, 6.45) is 7.04. The van der Waals surface area contributed by atoms with Crippen LogP contribution < -0.4 is 4.31 Å². The Balaban J connectivity index is 1.48. The van der Waals surface area contributed by atoms with Crippen LogP contribution in [0.2, 0.25) is 0 Å². The van der Waals surface area contributed by atoms with Gasteiger partial charge in [-0.05, 0) is 42.5 Å². The Morgan fingerprint density at radius 3 is 2.92 bits per heavy atom. The number of hydrogen-bond donors (Lipinski definition) is 0. The summed E-state index contributed by atoms with van der Waals surface area (Å²) >= 11 is 1.73. The van der Waals surface area contributed by atoms with E-state index in [4.69, 9.17) is 4.99 Å². The second kappa shape index (κ2) is 5.51. The van der Waals surface area contributed by atoms with Gasteiger partial charge in [0.1, 0.15) is 0 Å². The molecule has 2 atom stereocenters. The zero-order valence-corrected chi connectivity index (χ0v) is 15.8. The lowest BCUT2D eigenvalue weighted by atomic mass is 9.90. The molecule has 0 N–H and O–H groups in total. The number of hydrogen-bond acceptors (Lipinski definition) is 5. The molecule has 1 saturated carbocycles. The molecule has 0 spiro atoms. The van der Waals surface area contributed by atoms with Crippen LogP contribution >= 0.6 is 11.8 Å². The number of anilines is 1. The highest BCUT2D eigenvalue weighted by Crippen LogP contribution is 2.45. The van der Waals surface area contributed by atoms with Crippen molar-refractivity contribution in [2.24, 2.45) is 4.99 Å². The summed E-state index contributed by atoms with van der Waals surface area (Å²) in [6, 6.07) is 7.16. The Morgan fingerprint density at radius 1 is 1.24 bits per heavy atom. The van der Waals surface area contributed by atoms with Crippen LogP contribution in [0, 0.1) is 0 Å². The van der Waals surface area contributed by atoms with Gasteiger partial charge in [-0.3, -0.25) is 9.30 Å². The van der Waals surface area contributed by atoms with Crippen molar-refractivity contribution < 1.29 is 8.42 Å². The van der Waals surface area contributed by atoms with E-state index in [9.17, 15) is 8.42 Å². The lowest BCUT2D eigenvalue weighted by Crippen LogP contribution is -2.38. The molecule has 0 bridgehead atoms. The fraction of sp³-hybridized carbons (Fsp3) is 0.500. The number of fused-ring (bicyclic) bond motifs is 4. The quantitative estimate of drug-likeness (QED) is 0.797. The molecule has 0 saturated heterocycles. The van der Waals surface area contributed by atoms with E-state index in [1.807, 2.05) is 6.07 Å². The molecule has 1 aromatic carbocycles. The summed E-state index contributed by atoms with van der Waals surface area (Å²) in [5.74, 6) is 0. The van der Waals surface area contributed by atoms with Gasteiger partial charge in [0.05, 0.1) is 29.7 Å². The van der Waals surface area contributed by atoms with Gasteiger partial charge in [0, 0.05) is 12.0 Å². The summed E-state index contributed by atoms with van der Waals surface area (Å²) in [5.41, 5.74) is 4.37. The van der Waals surface area contributed by atoms with Gasteiger partial charge in [-0.25, -0.2) is 8.42 Å². The molecule has 1 fully saturated rings. The van der Waals surface area contributed by atoms with Gasteiger partial charge in [0.15, 0.2) is 5.17 Å². The van der Waals surface area contributed by atoms with Crippen LogP contribution in [0.15, 0.2) is 28.6 Å². The number of sulfonamides is 1. The molecule has 0 amide bonds. The summed E-state index contributed by atoms with van der Waals surface area (Å²) < 4.78 is 25.4. The fourth-order valence-electron chi connectivity index (χ4n) is 4.51. The van der Waals surface area contributed by atoms with E-state index in [0.29, 0.717) is 18.6 Å². The lowest BCUT2D eigenvalue weighted by molar-refractivity contribution is 0.305. The first-order valence-electron chi connectivity index (χ1n) is 8.87. The maximum absolute atomic E-state index is 11.9. The third-order valence-corrected chi connectivity index (χ3v) is 7.71. The normalized spacial score (nSPS) is 27.7. The summed E-state index contributed by atoms with van der Waals surface area (Å²) in [5, 5.41) is 3.35. The molecule has 1 aliphatic carbocycles. The van der Waals surface area contributed by atoms with Crippen molar-refractivity contribution in [1.82, 2.24) is 4.90 Å². The highest BCUT2D eigenvalue weighted by Gasteiger charge is 2.42. The van der Waals surface area contributed by atoms with Crippen molar-refractivity contribution in [3.05, 3.63) is 34.7 Å². The molecule has 7 heteroatoms. The maximum Gasteiger partial charge on any atom is 0.232 e. The molecular formula is C18H21N3O2S2. The predicted octanol–water partition coefficient (Wildman–Crippen LogP) is 3.04. The lowest BCUT2D eigenvalue weighted by Gasteiger charge is -2.32. The Kier molecular flexibility index (Phi) is 3.47. The van der Waals surface area contributed by atoms with Crippen molar-refractivity contribution >= 4 is 38.3 Å². The SMILES string of the molecule is CS(=O)(=O)N1CCc2cc(C3=CSC4=N[C@@H]5CCCC[C@@H]5N34)ccc21. The Labute approximate surface area is 152 Å². The van der Waals surface area contributed by atoms with Crippen LogP contribution in [0.25, 0.3) is 5.70 Å². The van der Waals surface area contributed by atoms with Gasteiger partial charge < -0.3 is 4.90 Å². The molecule has 25 heavy (non-hydrogen) atoms. The Hall–Kier alpha value is -1.47. The number of aliphatic imine (C=N–C) groups is 1. The standard InChI is InChI=1S/C18H21N3O2S2/c1-25(22,23)20-9-8-13-10-12(6-7-15(13)20)17-11-24-18-19-14-4-2-3-5-16(14)21(17)18/h6-7,10-11,14,16H,2-5,8-9H2,1H3/t14-,16+/m1/s1. The molecule has 0 unspecified atom stereocenters. The van der Waals surface area contributed by atoms with Crippen LogP contribution in [0.5, 0.6) is 0 Å². The van der Waals surface area contributed by atoms with Crippen molar-refractivity contribution in [1.29, 1.82) is 0 Å². The third-order valence-electron chi connectivity index (χ3n) is 5.67. The molecule has 0 aromatic heterocycles. The summed E-state index contributed by atoms with van der Waals surface area (Å²) in [6.45, 7) is 0.548. The first-order chi connectivity index (χ1) is 12.0. The van der Waals surface area contributed by atoms with Crippen LogP contribution in [-0.2, 0) is 16.4 Å². The average Bonchev–Trinajstić information content (AvgIpc) is 3.26. The summed E-state index contributed by atoms with van der Waals surface area (Å²) in [4.78, 5) is 7.36. The molecule has 3 aliphatic heterocycles. The van der Waals surface area contributed by atoms with E-state index >= 15 is 0 Å². The van der Waals surface area contributed by atoms with Gasteiger partial charge in [-0.15, -0.1) is 0 Å². The van der Waals surface area contributed by atoms with Crippen molar-refractivity contribution in [3.8, 4) is 0 Å². The van der Waals surface area contributed by atoms with Crippen molar-refractivity contribution in [3.63, 3.8) is 0 Å². The Morgan fingerprint density at radius 2 is 2.08 bits per heavy atom. The molecular weight excluding hydrogens is 354 g/mol. The summed E-state index contributed by atoms with van der Waals surface area (Å²) in [7, 11) is -3.19. The van der Waals surface area contributed by atoms with E-state index in [1.165, 1.54) is 47.5 Å². The molecule has 5 rings (SSSR count). The van der Waals surface area contributed by atoms with E-state index in [-0.39, 0.29) is 0 Å². The topological polar surface area (TPSA) is 53.0 Å². The monoisotopic (exact) mass is 375 g/mol. The molecule has 132 valence electrons. The number of benzene rings is 1. The van der Waals surface area contributed by atoms with Crippen molar-refractivity contribution in [2.75, 3.05) is 17.1 Å². The van der Waals surface area contributed by atoms with Gasteiger partial charge in [0.2, 0.25) is 10.0 Å². The third kappa shape index (κ3) is 2.43. The fourth-order valence-corrected chi connectivity index (χ4v) is 6.47. The van der Waals surface area contributed by atoms with Crippen LogP contribution in [0.3, 0.4) is 0 Å². The molecule has 0 radical (unpaired) electrons. The average molecular weight is 376 g/mol. The minimum atomic E-state index is -3.19. The van der Waals surface area contributed by atoms with Crippen LogP contribution in [-0.4, -0.2) is 43.4 Å². The molecule has 5 nitrogen and oxygen atoms in total. The zero-order chi connectivity index (χ0) is 17.2. The van der Waals surface area contributed by atoms with Crippen LogP contribution in [0.1, 0.15) is 36.8 Å². The second-order valence-electron chi connectivity index (χ2n) is 7.25. The van der Waals surface area contributed by atoms with Gasteiger partial charge >= 0.3 is 0 Å². The molecule has 1 aromatic rings. The highest BCUT2D eigenvalue weighted by atomic mass is 32.2. The van der Waals surface area contributed by atoms with E-state index in [0.717, 1.165) is 22.8 Å². The number of rotatable bonds is 2. The van der Waals surface area contributed by atoms with E-state index in [2.05, 4.69) is 22.4 Å². The van der Waals surface area contributed by atoms with E-state index < -0.39 is 10.0 Å². The number of amidine groups is 1. The van der Waals surface area contributed by atoms with Crippen LogP contribution in [0.4, 0.5) is 5.69 Å². The largest absolute Gasteiger partial charge is 0.315 e. The zero-order valence-electron chi connectivity index (χ0n) is 14.2. The number of nitrogens with zero attached hydrogens (tertiary/aromatic N) is 3. The first-order valence-corrected chi connectivity index (χ1v) is 11.6. The van der Waals surface area contributed by atoms with Gasteiger partial charge in [-0.1, -0.05) is 30.7 Å². The molecule has 4 aliphatic rings. The maximum atomic E-state index is 11.9. The minimum absolute atomic E-state index is 0.454. The number of thioether (sulfide) groups is 1. The van der Waals surface area contributed by atoms with Gasteiger partial charge in [-0.2, -0.15) is 0 Å². The second-order valence-corrected chi connectivity index (χ2v) is 9.99. The van der Waals surface area contributed by atoms with E-state index in [1.54, 1.807) is 11.8 Å². The smallest absolute Gasteiger partial charge is 0.232 e. The molecule has 3 heterocycles. The first kappa shape index (κ1) is 15.8.